The number of hydrogen-bond donors (Lipinski definition) is 3. The molecule has 0 heterocycles. The quantitative estimate of drug-likeness (QED) is 0.697. The van der Waals surface area contributed by atoms with Gasteiger partial charge in [0.2, 0.25) is 0 Å². The van der Waals surface area contributed by atoms with Gasteiger partial charge in [0, 0.05) is 24.1 Å². The van der Waals surface area contributed by atoms with E-state index in [4.69, 9.17) is 4.74 Å². The third-order valence-electron chi connectivity index (χ3n) is 2.33. The molecule has 100 valence electrons. The fourth-order valence-electron chi connectivity index (χ4n) is 1.53. The highest BCUT2D eigenvalue weighted by molar-refractivity contribution is 9.09. The molecule has 0 bridgehead atoms. The molecule has 0 saturated carbocycles. The van der Waals surface area contributed by atoms with Gasteiger partial charge >= 0.3 is 0 Å². The maximum atomic E-state index is 11.9. The molecule has 0 fully saturated rings. The van der Waals surface area contributed by atoms with E-state index in [0.29, 0.717) is 6.61 Å². The van der Waals surface area contributed by atoms with E-state index in [2.05, 4.69) is 21.2 Å². The summed E-state index contributed by atoms with van der Waals surface area (Å²) in [6, 6.07) is 3.65. The average molecular weight is 318 g/mol. The number of methoxy groups -OCH3 is 1. The number of amides is 1. The van der Waals surface area contributed by atoms with Crippen molar-refractivity contribution in [3.8, 4) is 11.5 Å². The number of rotatable bonds is 6. The van der Waals surface area contributed by atoms with Crippen LogP contribution in [0, 0.1) is 0 Å². The summed E-state index contributed by atoms with van der Waals surface area (Å²) in [5, 5.41) is 22.1. The van der Waals surface area contributed by atoms with Gasteiger partial charge in [-0.2, -0.15) is 0 Å². The van der Waals surface area contributed by atoms with E-state index in [0.717, 1.165) is 11.8 Å². The lowest BCUT2D eigenvalue weighted by Crippen LogP contribution is -2.38. The van der Waals surface area contributed by atoms with Gasteiger partial charge in [-0.25, -0.2) is 0 Å². The maximum absolute atomic E-state index is 11.9. The van der Waals surface area contributed by atoms with Crippen LogP contribution < -0.4 is 5.32 Å². The number of nitrogens with one attached hydrogen (secondary N) is 1. The van der Waals surface area contributed by atoms with Crippen LogP contribution in [0.3, 0.4) is 0 Å². The Balaban J connectivity index is 2.73. The van der Waals surface area contributed by atoms with Gasteiger partial charge in [-0.3, -0.25) is 4.79 Å². The van der Waals surface area contributed by atoms with Crippen LogP contribution in [0.25, 0.3) is 0 Å². The Hall–Kier alpha value is -1.27. The molecule has 5 nitrogen and oxygen atoms in total. The summed E-state index contributed by atoms with van der Waals surface area (Å²) in [5.74, 6) is -0.655. The fraction of sp³-hybridized carbons (Fsp3) is 0.417. The SMILES string of the molecule is COCC(CCBr)NC(=O)c1cc(O)cc(O)c1. The largest absolute Gasteiger partial charge is 0.508 e. The molecule has 0 aliphatic heterocycles. The number of benzene rings is 1. The van der Waals surface area contributed by atoms with Gasteiger partial charge in [-0.15, -0.1) is 0 Å². The summed E-state index contributed by atoms with van der Waals surface area (Å²) in [4.78, 5) is 11.9. The third-order valence-corrected chi connectivity index (χ3v) is 2.78. The van der Waals surface area contributed by atoms with Gasteiger partial charge < -0.3 is 20.3 Å². The number of carbonyl (C=O) groups is 1. The number of alkyl halides is 1. The number of carbonyl (C=O) groups excluding carboxylic acids is 1. The van der Waals surface area contributed by atoms with E-state index in [1.165, 1.54) is 18.2 Å². The predicted molar refractivity (Wildman–Crippen MR) is 71.3 cm³/mol. The third kappa shape index (κ3) is 4.54. The highest BCUT2D eigenvalue weighted by Crippen LogP contribution is 2.20. The van der Waals surface area contributed by atoms with Crippen LogP contribution in [-0.4, -0.2) is 41.2 Å². The molecule has 3 N–H and O–H groups in total. The Morgan fingerprint density at radius 1 is 1.39 bits per heavy atom. The van der Waals surface area contributed by atoms with E-state index in [9.17, 15) is 15.0 Å². The molecule has 1 rings (SSSR count). The van der Waals surface area contributed by atoms with Crippen molar-refractivity contribution in [1.29, 1.82) is 0 Å². The molecule has 0 spiro atoms. The standard InChI is InChI=1S/C12H16BrNO4/c1-18-7-9(2-3-13)14-12(17)8-4-10(15)6-11(16)5-8/h4-6,9,15-16H,2-3,7H2,1H3,(H,14,17). The zero-order valence-corrected chi connectivity index (χ0v) is 11.6. The monoisotopic (exact) mass is 317 g/mol. The fourth-order valence-corrected chi connectivity index (χ4v) is 2.08. The zero-order chi connectivity index (χ0) is 13.5. The van der Waals surface area contributed by atoms with E-state index in [1.54, 1.807) is 7.11 Å². The number of ether oxygens (including phenoxy) is 1. The number of aromatic hydroxyl groups is 2. The molecule has 1 aromatic carbocycles. The Labute approximate surface area is 114 Å². The second-order valence-corrected chi connectivity index (χ2v) is 4.63. The van der Waals surface area contributed by atoms with Crippen molar-refractivity contribution >= 4 is 21.8 Å². The second kappa shape index (κ2) is 7.23. The molecule has 0 aromatic heterocycles. The normalized spacial score (nSPS) is 12.1. The van der Waals surface area contributed by atoms with Crippen LogP contribution in [0.15, 0.2) is 18.2 Å². The molecule has 1 amide bonds. The van der Waals surface area contributed by atoms with Crippen LogP contribution in [0.5, 0.6) is 11.5 Å². The maximum Gasteiger partial charge on any atom is 0.251 e. The van der Waals surface area contributed by atoms with Crippen molar-refractivity contribution in [3.63, 3.8) is 0 Å². The predicted octanol–water partition coefficient (Wildman–Crippen LogP) is 1.63. The van der Waals surface area contributed by atoms with Gasteiger partial charge in [0.1, 0.15) is 11.5 Å². The van der Waals surface area contributed by atoms with Crippen LogP contribution in [0.1, 0.15) is 16.8 Å². The highest BCUT2D eigenvalue weighted by atomic mass is 79.9. The molecule has 18 heavy (non-hydrogen) atoms. The molecular weight excluding hydrogens is 302 g/mol. The van der Waals surface area contributed by atoms with Crippen LogP contribution in [0.2, 0.25) is 0 Å². The minimum atomic E-state index is -0.357. The van der Waals surface area contributed by atoms with Crippen molar-refractivity contribution in [2.75, 3.05) is 19.0 Å². The van der Waals surface area contributed by atoms with Gasteiger partial charge in [-0.1, -0.05) is 15.9 Å². The summed E-state index contributed by atoms with van der Waals surface area (Å²) in [6.45, 7) is 0.405. The Kier molecular flexibility index (Phi) is 5.94. The van der Waals surface area contributed by atoms with Crippen molar-refractivity contribution in [2.24, 2.45) is 0 Å². The first-order valence-corrected chi connectivity index (χ1v) is 6.57. The summed E-state index contributed by atoms with van der Waals surface area (Å²) in [7, 11) is 1.56. The van der Waals surface area contributed by atoms with Gasteiger partial charge in [0.25, 0.3) is 5.91 Å². The lowest BCUT2D eigenvalue weighted by Gasteiger charge is -2.17. The molecule has 0 aliphatic carbocycles. The molecule has 1 atom stereocenters. The Morgan fingerprint density at radius 3 is 2.50 bits per heavy atom. The Morgan fingerprint density at radius 2 is 2.00 bits per heavy atom. The first kappa shape index (κ1) is 14.8. The van der Waals surface area contributed by atoms with E-state index in [1.807, 2.05) is 0 Å². The molecule has 0 saturated heterocycles. The first-order valence-electron chi connectivity index (χ1n) is 5.45. The first-order chi connectivity index (χ1) is 8.56. The number of hydrogen-bond acceptors (Lipinski definition) is 4. The summed E-state index contributed by atoms with van der Waals surface area (Å²) < 4.78 is 5.01. The molecule has 1 unspecified atom stereocenters. The van der Waals surface area contributed by atoms with Crippen molar-refractivity contribution in [2.45, 2.75) is 12.5 Å². The minimum Gasteiger partial charge on any atom is -0.508 e. The number of phenolic OH excluding ortho intramolecular Hbond substituents is 2. The molecular formula is C12H16BrNO4. The van der Waals surface area contributed by atoms with Gasteiger partial charge in [-0.05, 0) is 18.6 Å². The Bertz CT molecular complexity index is 385. The van der Waals surface area contributed by atoms with E-state index in [-0.39, 0.29) is 29.0 Å². The topological polar surface area (TPSA) is 78.8 Å². The molecule has 6 heteroatoms. The van der Waals surface area contributed by atoms with Crippen molar-refractivity contribution in [1.82, 2.24) is 5.32 Å². The molecule has 0 radical (unpaired) electrons. The summed E-state index contributed by atoms with van der Waals surface area (Å²) in [5.41, 5.74) is 0.211. The number of phenols is 2. The van der Waals surface area contributed by atoms with Crippen LogP contribution in [0.4, 0.5) is 0 Å². The van der Waals surface area contributed by atoms with Crippen LogP contribution in [-0.2, 0) is 4.74 Å². The highest BCUT2D eigenvalue weighted by Gasteiger charge is 2.14. The average Bonchev–Trinajstić information content (AvgIpc) is 2.28. The van der Waals surface area contributed by atoms with Gasteiger partial charge in [0.15, 0.2) is 0 Å². The second-order valence-electron chi connectivity index (χ2n) is 3.84. The van der Waals surface area contributed by atoms with Crippen molar-refractivity contribution in [3.05, 3.63) is 23.8 Å². The van der Waals surface area contributed by atoms with E-state index >= 15 is 0 Å². The summed E-state index contributed by atoms with van der Waals surface area (Å²) in [6.07, 6.45) is 0.727. The number of halogens is 1. The zero-order valence-electron chi connectivity index (χ0n) is 10.0. The minimum absolute atomic E-state index is 0.119. The van der Waals surface area contributed by atoms with Crippen LogP contribution >= 0.6 is 15.9 Å². The van der Waals surface area contributed by atoms with Gasteiger partial charge in [0.05, 0.1) is 12.6 Å². The van der Waals surface area contributed by atoms with Crippen molar-refractivity contribution < 1.29 is 19.7 Å². The lowest BCUT2D eigenvalue weighted by atomic mass is 10.1. The summed E-state index contributed by atoms with van der Waals surface area (Å²) >= 11 is 3.30. The van der Waals surface area contributed by atoms with E-state index < -0.39 is 0 Å². The smallest absolute Gasteiger partial charge is 0.251 e. The lowest BCUT2D eigenvalue weighted by molar-refractivity contribution is 0.0894. The molecule has 0 aliphatic rings. The molecule has 1 aromatic rings.